The molecule has 8 nitrogen and oxygen atoms in total. The number of hydrogen-bond acceptors (Lipinski definition) is 8. The topological polar surface area (TPSA) is 115 Å². The van der Waals surface area contributed by atoms with Gasteiger partial charge in [-0.1, -0.05) is 11.6 Å². The van der Waals surface area contributed by atoms with Crippen molar-refractivity contribution in [1.29, 1.82) is 5.26 Å². The molecule has 170 valence electrons. The van der Waals surface area contributed by atoms with Gasteiger partial charge in [0.1, 0.15) is 18.0 Å². The largest absolute Gasteiger partial charge is 0.490 e. The Balaban J connectivity index is 1.24. The van der Waals surface area contributed by atoms with E-state index < -0.39 is 6.23 Å². The molecule has 1 unspecified atom stereocenters. The molecule has 32 heavy (non-hydrogen) atoms. The van der Waals surface area contributed by atoms with Crippen molar-refractivity contribution in [1.82, 2.24) is 15.3 Å². The quantitative estimate of drug-likeness (QED) is 0.544. The number of benzene rings is 1. The molecule has 0 amide bonds. The van der Waals surface area contributed by atoms with E-state index in [1.807, 2.05) is 6.07 Å². The van der Waals surface area contributed by atoms with Gasteiger partial charge in [-0.15, -0.1) is 0 Å². The van der Waals surface area contributed by atoms with Crippen molar-refractivity contribution in [3.63, 3.8) is 0 Å². The number of rotatable bonds is 7. The number of ether oxygens (including phenoxy) is 1. The van der Waals surface area contributed by atoms with Gasteiger partial charge in [-0.2, -0.15) is 5.26 Å². The van der Waals surface area contributed by atoms with Gasteiger partial charge >= 0.3 is 0 Å². The first-order valence-corrected chi connectivity index (χ1v) is 11.4. The van der Waals surface area contributed by atoms with Crippen LogP contribution in [0.25, 0.3) is 0 Å². The first kappa shape index (κ1) is 22.7. The van der Waals surface area contributed by atoms with E-state index in [1.165, 1.54) is 0 Å². The van der Waals surface area contributed by atoms with Gasteiger partial charge in [0.2, 0.25) is 5.95 Å². The molecule has 1 saturated carbocycles. The fraction of sp³-hybridized carbons (Fsp3) is 0.522. The van der Waals surface area contributed by atoms with Gasteiger partial charge in [0.05, 0.1) is 16.7 Å². The maximum Gasteiger partial charge on any atom is 0.225 e. The molecule has 2 atom stereocenters. The monoisotopic (exact) mass is 457 g/mol. The summed E-state index contributed by atoms with van der Waals surface area (Å²) in [5.41, 5.74) is 1.07. The molecule has 1 aromatic carbocycles. The Morgan fingerprint density at radius 1 is 1.22 bits per heavy atom. The van der Waals surface area contributed by atoms with Crippen molar-refractivity contribution in [2.45, 2.75) is 50.5 Å². The minimum Gasteiger partial charge on any atom is -0.490 e. The third-order valence-electron chi connectivity index (χ3n) is 6.23. The highest BCUT2D eigenvalue weighted by atomic mass is 35.5. The maximum atomic E-state index is 10.6. The molecule has 1 saturated heterocycles. The molecule has 1 aliphatic carbocycles. The summed E-state index contributed by atoms with van der Waals surface area (Å²) >= 11 is 6.08. The second kappa shape index (κ2) is 10.5. The van der Waals surface area contributed by atoms with Crippen LogP contribution in [0.2, 0.25) is 5.02 Å². The molecule has 3 N–H and O–H groups in total. The highest BCUT2D eigenvalue weighted by Crippen LogP contribution is 2.28. The van der Waals surface area contributed by atoms with Crippen molar-refractivity contribution in [2.75, 3.05) is 24.6 Å². The molecule has 2 aromatic rings. The fourth-order valence-corrected chi connectivity index (χ4v) is 4.53. The van der Waals surface area contributed by atoms with Crippen LogP contribution in [0.5, 0.6) is 5.75 Å². The lowest BCUT2D eigenvalue weighted by Gasteiger charge is -2.31. The van der Waals surface area contributed by atoms with Crippen LogP contribution in [0.3, 0.4) is 0 Å². The number of aromatic nitrogens is 2. The third-order valence-corrected chi connectivity index (χ3v) is 6.55. The molecule has 9 heteroatoms. The van der Waals surface area contributed by atoms with E-state index in [4.69, 9.17) is 21.6 Å². The van der Waals surface area contributed by atoms with Crippen molar-refractivity contribution in [2.24, 2.45) is 5.92 Å². The summed E-state index contributed by atoms with van der Waals surface area (Å²) in [6.45, 7) is 1.79. The Bertz CT molecular complexity index is 944. The van der Waals surface area contributed by atoms with E-state index in [2.05, 4.69) is 20.2 Å². The summed E-state index contributed by atoms with van der Waals surface area (Å²) in [5.74, 6) is 1.59. The number of nitriles is 1. The first-order valence-electron chi connectivity index (χ1n) is 11.0. The number of nitrogens with zero attached hydrogens (tertiary/aromatic N) is 4. The minimum atomic E-state index is -0.826. The summed E-state index contributed by atoms with van der Waals surface area (Å²) in [6, 6.07) is 7.35. The molecular formula is C23H28ClN5O3. The molecule has 0 spiro atoms. The van der Waals surface area contributed by atoms with Gasteiger partial charge in [0.25, 0.3) is 0 Å². The number of anilines is 1. The Kier molecular flexibility index (Phi) is 7.43. The average Bonchev–Trinajstić information content (AvgIpc) is 3.30. The standard InChI is InChI=1S/C23H28ClN5O3/c24-21-9-20(4-1-16(21)10-25)32-19-5-2-18(3-6-19)28-22(31)17-11-26-23(27-12-17)29-8-7-15(13-29)14-30/h1,4,9,11-12,15,18-19,22,28,30-31H,2-3,5-8,13-14H2/t15-,18?,19?,22?/m1/s1. The van der Waals surface area contributed by atoms with Crippen LogP contribution >= 0.6 is 11.6 Å². The van der Waals surface area contributed by atoms with Crippen molar-refractivity contribution < 1.29 is 14.9 Å². The zero-order chi connectivity index (χ0) is 22.5. The van der Waals surface area contributed by atoms with Gasteiger partial charge in [0, 0.05) is 55.7 Å². The molecule has 0 radical (unpaired) electrons. The highest BCUT2D eigenvalue weighted by molar-refractivity contribution is 6.31. The van der Waals surface area contributed by atoms with Crippen molar-refractivity contribution in [3.8, 4) is 11.8 Å². The lowest BCUT2D eigenvalue weighted by atomic mass is 9.92. The predicted molar refractivity (Wildman–Crippen MR) is 120 cm³/mol. The number of aliphatic hydroxyl groups is 2. The SMILES string of the molecule is N#Cc1ccc(OC2CCC(NC(O)c3cnc(N4CC[C@@H](CO)C4)nc3)CC2)cc1Cl. The van der Waals surface area contributed by atoms with Gasteiger partial charge < -0.3 is 19.8 Å². The molecule has 4 rings (SSSR count). The number of hydrogen-bond donors (Lipinski definition) is 3. The highest BCUT2D eigenvalue weighted by Gasteiger charge is 2.26. The van der Waals surface area contributed by atoms with Crippen LogP contribution in [-0.2, 0) is 0 Å². The van der Waals surface area contributed by atoms with E-state index in [0.717, 1.165) is 45.2 Å². The normalized spacial score (nSPS) is 24.2. The summed E-state index contributed by atoms with van der Waals surface area (Å²) in [6.07, 6.45) is 6.99. The van der Waals surface area contributed by atoms with E-state index in [1.54, 1.807) is 30.6 Å². The lowest BCUT2D eigenvalue weighted by molar-refractivity contribution is 0.0883. The van der Waals surface area contributed by atoms with Crippen molar-refractivity contribution in [3.05, 3.63) is 46.7 Å². The predicted octanol–water partition coefficient (Wildman–Crippen LogP) is 2.79. The summed E-state index contributed by atoms with van der Waals surface area (Å²) < 4.78 is 6.03. The van der Waals surface area contributed by atoms with Gasteiger partial charge in [-0.25, -0.2) is 9.97 Å². The van der Waals surface area contributed by atoms with Crippen LogP contribution in [0.1, 0.15) is 49.5 Å². The smallest absolute Gasteiger partial charge is 0.225 e. The van der Waals surface area contributed by atoms with E-state index in [9.17, 15) is 10.2 Å². The zero-order valence-electron chi connectivity index (χ0n) is 17.8. The Morgan fingerprint density at radius 2 is 1.97 bits per heavy atom. The Labute approximate surface area is 192 Å². The summed E-state index contributed by atoms with van der Waals surface area (Å²) in [7, 11) is 0. The molecule has 0 bridgehead atoms. The van der Waals surface area contributed by atoms with Crippen LogP contribution in [0, 0.1) is 17.2 Å². The second-order valence-corrected chi connectivity index (χ2v) is 8.92. The van der Waals surface area contributed by atoms with Crippen LogP contribution in [0.4, 0.5) is 5.95 Å². The summed E-state index contributed by atoms with van der Waals surface area (Å²) in [5, 5.41) is 32.5. The fourth-order valence-electron chi connectivity index (χ4n) is 4.32. The van der Waals surface area contributed by atoms with Gasteiger partial charge in [0.15, 0.2) is 0 Å². The van der Waals surface area contributed by atoms with Gasteiger partial charge in [-0.05, 0) is 44.2 Å². The van der Waals surface area contributed by atoms with Crippen LogP contribution < -0.4 is 15.0 Å². The number of nitrogens with one attached hydrogen (secondary N) is 1. The minimum absolute atomic E-state index is 0.0834. The van der Waals surface area contributed by atoms with E-state index in [-0.39, 0.29) is 24.7 Å². The maximum absolute atomic E-state index is 10.6. The van der Waals surface area contributed by atoms with E-state index in [0.29, 0.717) is 27.8 Å². The van der Waals surface area contributed by atoms with Crippen LogP contribution in [0.15, 0.2) is 30.6 Å². The number of aliphatic hydroxyl groups excluding tert-OH is 2. The zero-order valence-corrected chi connectivity index (χ0v) is 18.6. The van der Waals surface area contributed by atoms with Crippen LogP contribution in [-0.4, -0.2) is 52.0 Å². The molecule has 2 aliphatic rings. The molecular weight excluding hydrogens is 430 g/mol. The lowest BCUT2D eigenvalue weighted by Crippen LogP contribution is -2.38. The van der Waals surface area contributed by atoms with E-state index >= 15 is 0 Å². The Morgan fingerprint density at radius 3 is 2.59 bits per heavy atom. The van der Waals surface area contributed by atoms with Gasteiger partial charge in [-0.3, -0.25) is 5.32 Å². The average molecular weight is 458 g/mol. The molecule has 1 aromatic heterocycles. The molecule has 1 aliphatic heterocycles. The third kappa shape index (κ3) is 5.48. The Hall–Kier alpha value is -2.44. The summed E-state index contributed by atoms with van der Waals surface area (Å²) in [4.78, 5) is 10.9. The molecule has 2 heterocycles. The first-order chi connectivity index (χ1) is 15.6. The second-order valence-electron chi connectivity index (χ2n) is 8.51. The molecule has 2 fully saturated rings. The number of halogens is 1. The van der Waals surface area contributed by atoms with Crippen molar-refractivity contribution >= 4 is 17.5 Å².